The Morgan fingerprint density at radius 2 is 2.28 bits per heavy atom. The highest BCUT2D eigenvalue weighted by Gasteiger charge is 2.26. The van der Waals surface area contributed by atoms with Gasteiger partial charge in [0.1, 0.15) is 0 Å². The van der Waals surface area contributed by atoms with Crippen molar-refractivity contribution < 1.29 is 4.79 Å². The molecule has 1 aromatic carbocycles. The molecule has 1 aliphatic carbocycles. The van der Waals surface area contributed by atoms with Crippen LogP contribution < -0.4 is 5.32 Å². The number of hydrogen-bond donors (Lipinski definition) is 1. The Labute approximate surface area is 117 Å². The number of carbonyl (C=O) groups is 1. The summed E-state index contributed by atoms with van der Waals surface area (Å²) in [5.74, 6) is 0.505. The molecule has 0 spiro atoms. The fourth-order valence-electron chi connectivity index (χ4n) is 1.71. The molecule has 1 heterocycles. The molecule has 3 nitrogen and oxygen atoms in total. The summed E-state index contributed by atoms with van der Waals surface area (Å²) in [6.07, 6.45) is 2.45. The van der Waals surface area contributed by atoms with E-state index in [9.17, 15) is 4.79 Å². The van der Waals surface area contributed by atoms with Crippen LogP contribution in [0.25, 0.3) is 0 Å². The van der Waals surface area contributed by atoms with Gasteiger partial charge in [0.2, 0.25) is 0 Å². The monoisotopic (exact) mass is 322 g/mol. The van der Waals surface area contributed by atoms with Crippen LogP contribution in [0.5, 0.6) is 0 Å². The highest BCUT2D eigenvalue weighted by atomic mass is 79.9. The van der Waals surface area contributed by atoms with E-state index in [1.807, 2.05) is 17.5 Å². The van der Waals surface area contributed by atoms with Gasteiger partial charge in [0.25, 0.3) is 5.91 Å². The number of nitrogens with zero attached hydrogens (tertiary/aromatic N) is 1. The molecular weight excluding hydrogens is 312 g/mol. The summed E-state index contributed by atoms with van der Waals surface area (Å²) in [6, 6.07) is 7.32. The van der Waals surface area contributed by atoms with E-state index in [2.05, 4.69) is 26.2 Å². The standard InChI is InChI=1S/C13H11BrN2OS/c14-10-3-1-2-9(6-10)12(17)16-13-15-11(7-18-13)8-4-5-8/h1-3,6-8H,4-5H2,(H,15,16,17). The lowest BCUT2D eigenvalue weighted by atomic mass is 10.2. The highest BCUT2D eigenvalue weighted by molar-refractivity contribution is 9.10. The molecule has 1 amide bonds. The first-order chi connectivity index (χ1) is 8.72. The number of carbonyl (C=O) groups excluding carboxylic acids is 1. The molecule has 2 aromatic rings. The number of hydrogen-bond acceptors (Lipinski definition) is 3. The lowest BCUT2D eigenvalue weighted by Crippen LogP contribution is -2.11. The molecule has 0 unspecified atom stereocenters. The first-order valence-electron chi connectivity index (χ1n) is 5.75. The lowest BCUT2D eigenvalue weighted by Gasteiger charge is -2.01. The Morgan fingerprint density at radius 1 is 1.44 bits per heavy atom. The second-order valence-electron chi connectivity index (χ2n) is 4.32. The van der Waals surface area contributed by atoms with Crippen LogP contribution in [0.4, 0.5) is 5.13 Å². The predicted octanol–water partition coefficient (Wildman–Crippen LogP) is 4.04. The predicted molar refractivity (Wildman–Crippen MR) is 76.2 cm³/mol. The molecule has 0 aliphatic heterocycles. The van der Waals surface area contributed by atoms with E-state index in [1.165, 1.54) is 24.2 Å². The molecule has 3 rings (SSSR count). The van der Waals surface area contributed by atoms with Gasteiger partial charge in [0, 0.05) is 21.3 Å². The number of anilines is 1. The third-order valence-corrected chi connectivity index (χ3v) is 4.09. The van der Waals surface area contributed by atoms with E-state index in [0.717, 1.165) is 10.2 Å². The van der Waals surface area contributed by atoms with Crippen LogP contribution in [0.2, 0.25) is 0 Å². The van der Waals surface area contributed by atoms with Crippen molar-refractivity contribution in [3.63, 3.8) is 0 Å². The van der Waals surface area contributed by atoms with Crippen LogP contribution >= 0.6 is 27.3 Å². The van der Waals surface area contributed by atoms with Crippen molar-refractivity contribution in [1.29, 1.82) is 0 Å². The summed E-state index contributed by atoms with van der Waals surface area (Å²) < 4.78 is 0.896. The van der Waals surface area contributed by atoms with Crippen LogP contribution in [-0.2, 0) is 0 Å². The van der Waals surface area contributed by atoms with E-state index in [1.54, 1.807) is 12.1 Å². The van der Waals surface area contributed by atoms with Crippen molar-refractivity contribution in [2.75, 3.05) is 5.32 Å². The highest BCUT2D eigenvalue weighted by Crippen LogP contribution is 2.40. The van der Waals surface area contributed by atoms with Gasteiger partial charge in [-0.1, -0.05) is 22.0 Å². The zero-order chi connectivity index (χ0) is 12.5. The largest absolute Gasteiger partial charge is 0.298 e. The molecular formula is C13H11BrN2OS. The summed E-state index contributed by atoms with van der Waals surface area (Å²) in [6.45, 7) is 0. The molecule has 92 valence electrons. The van der Waals surface area contributed by atoms with E-state index in [4.69, 9.17) is 0 Å². The van der Waals surface area contributed by atoms with Crippen molar-refractivity contribution in [3.8, 4) is 0 Å². The van der Waals surface area contributed by atoms with Gasteiger partial charge in [0.15, 0.2) is 5.13 Å². The number of halogens is 1. The fraction of sp³-hybridized carbons (Fsp3) is 0.231. The number of aromatic nitrogens is 1. The third-order valence-electron chi connectivity index (χ3n) is 2.82. The lowest BCUT2D eigenvalue weighted by molar-refractivity contribution is 0.102. The normalized spacial score (nSPS) is 14.5. The number of rotatable bonds is 3. The van der Waals surface area contributed by atoms with Crippen LogP contribution in [-0.4, -0.2) is 10.9 Å². The van der Waals surface area contributed by atoms with Gasteiger partial charge in [-0.3, -0.25) is 10.1 Å². The van der Waals surface area contributed by atoms with Gasteiger partial charge in [-0.2, -0.15) is 0 Å². The Bertz CT molecular complexity index is 592. The maximum Gasteiger partial charge on any atom is 0.257 e. The second kappa shape index (κ2) is 4.82. The molecule has 0 saturated heterocycles. The SMILES string of the molecule is O=C(Nc1nc(C2CC2)cs1)c1cccc(Br)c1. The van der Waals surface area contributed by atoms with Gasteiger partial charge in [-0.25, -0.2) is 4.98 Å². The minimum Gasteiger partial charge on any atom is -0.298 e. The molecule has 5 heteroatoms. The molecule has 0 atom stereocenters. The molecule has 18 heavy (non-hydrogen) atoms. The molecule has 1 aromatic heterocycles. The van der Waals surface area contributed by atoms with Crippen LogP contribution in [0, 0.1) is 0 Å². The van der Waals surface area contributed by atoms with Crippen molar-refractivity contribution in [3.05, 3.63) is 45.4 Å². The second-order valence-corrected chi connectivity index (χ2v) is 6.09. The number of benzene rings is 1. The Balaban J connectivity index is 1.73. The summed E-state index contributed by atoms with van der Waals surface area (Å²) in [5.41, 5.74) is 1.75. The zero-order valence-corrected chi connectivity index (χ0v) is 11.9. The summed E-state index contributed by atoms with van der Waals surface area (Å²) in [7, 11) is 0. The Kier molecular flexibility index (Phi) is 3.18. The minimum absolute atomic E-state index is 0.118. The average Bonchev–Trinajstić information content (AvgIpc) is 3.11. The van der Waals surface area contributed by atoms with E-state index < -0.39 is 0 Å². The van der Waals surface area contributed by atoms with Gasteiger partial charge in [-0.05, 0) is 31.0 Å². The average molecular weight is 323 g/mol. The maximum atomic E-state index is 12.0. The smallest absolute Gasteiger partial charge is 0.257 e. The van der Waals surface area contributed by atoms with Crippen molar-refractivity contribution in [2.24, 2.45) is 0 Å². The molecule has 1 N–H and O–H groups in total. The first-order valence-corrected chi connectivity index (χ1v) is 7.42. The number of amides is 1. The topological polar surface area (TPSA) is 42.0 Å². The van der Waals surface area contributed by atoms with Gasteiger partial charge in [-0.15, -0.1) is 11.3 Å². The van der Waals surface area contributed by atoms with E-state index >= 15 is 0 Å². The summed E-state index contributed by atoms with van der Waals surface area (Å²) >= 11 is 4.84. The summed E-state index contributed by atoms with van der Waals surface area (Å²) in [5, 5.41) is 5.55. The van der Waals surface area contributed by atoms with Gasteiger partial charge >= 0.3 is 0 Å². The third kappa shape index (κ3) is 2.62. The van der Waals surface area contributed by atoms with Crippen molar-refractivity contribution >= 4 is 38.3 Å². The van der Waals surface area contributed by atoms with Crippen LogP contribution in [0.15, 0.2) is 34.1 Å². The van der Waals surface area contributed by atoms with Gasteiger partial charge < -0.3 is 0 Å². The molecule has 0 radical (unpaired) electrons. The number of thiazole rings is 1. The maximum absolute atomic E-state index is 12.0. The minimum atomic E-state index is -0.118. The number of nitrogens with one attached hydrogen (secondary N) is 1. The molecule has 1 fully saturated rings. The quantitative estimate of drug-likeness (QED) is 0.926. The van der Waals surface area contributed by atoms with Crippen LogP contribution in [0.3, 0.4) is 0 Å². The van der Waals surface area contributed by atoms with Crippen LogP contribution in [0.1, 0.15) is 34.8 Å². The Morgan fingerprint density at radius 3 is 3.00 bits per heavy atom. The van der Waals surface area contributed by atoms with Gasteiger partial charge in [0.05, 0.1) is 5.69 Å². The first kappa shape index (κ1) is 11.9. The zero-order valence-electron chi connectivity index (χ0n) is 9.52. The van der Waals surface area contributed by atoms with Crippen molar-refractivity contribution in [1.82, 2.24) is 4.98 Å². The molecule has 0 bridgehead atoms. The summed E-state index contributed by atoms with van der Waals surface area (Å²) in [4.78, 5) is 16.4. The van der Waals surface area contributed by atoms with Crippen molar-refractivity contribution in [2.45, 2.75) is 18.8 Å². The Hall–Kier alpha value is -1.20. The molecule has 1 aliphatic rings. The molecule has 1 saturated carbocycles. The fourth-order valence-corrected chi connectivity index (χ4v) is 2.90. The van der Waals surface area contributed by atoms with E-state index in [-0.39, 0.29) is 5.91 Å². The van der Waals surface area contributed by atoms with E-state index in [0.29, 0.717) is 16.6 Å².